The normalized spacial score (nSPS) is 14.3. The number of nitrogens with zero attached hydrogens (tertiary/aromatic N) is 1. The van der Waals surface area contributed by atoms with Crippen molar-refractivity contribution in [3.05, 3.63) is 52.1 Å². The maximum absolute atomic E-state index is 10.5. The minimum absolute atomic E-state index is 0.496. The van der Waals surface area contributed by atoms with Crippen molar-refractivity contribution in [1.29, 1.82) is 0 Å². The lowest BCUT2D eigenvalue weighted by Gasteiger charge is -2.14. The van der Waals surface area contributed by atoms with Crippen LogP contribution in [0.4, 0.5) is 0 Å². The molecular weight excluding hydrogens is 194 g/mol. The third kappa shape index (κ3) is 2.41. The molecule has 4 nitrogen and oxygen atoms in total. The van der Waals surface area contributed by atoms with Crippen molar-refractivity contribution < 1.29 is 10.0 Å². The Kier molecular flexibility index (Phi) is 3.57. The number of nitro groups is 1. The molecule has 2 unspecified atom stereocenters. The van der Waals surface area contributed by atoms with Crippen LogP contribution in [0.2, 0.25) is 0 Å². The third-order valence-electron chi connectivity index (χ3n) is 2.32. The Hall–Kier alpha value is -1.68. The number of hydrogen-bond acceptors (Lipinski definition) is 3. The van der Waals surface area contributed by atoms with Gasteiger partial charge in [0.15, 0.2) is 0 Å². The van der Waals surface area contributed by atoms with Gasteiger partial charge in [-0.1, -0.05) is 36.9 Å². The van der Waals surface area contributed by atoms with Crippen LogP contribution in [0.25, 0.3) is 6.08 Å². The highest BCUT2D eigenvalue weighted by atomic mass is 16.6. The smallest absolute Gasteiger partial charge is 0.239 e. The predicted octanol–water partition coefficient (Wildman–Crippen LogP) is 2.03. The molecule has 4 heteroatoms. The lowest BCUT2D eigenvalue weighted by atomic mass is 9.98. The largest absolute Gasteiger partial charge is 0.381 e. The van der Waals surface area contributed by atoms with E-state index in [4.69, 9.17) is 0 Å². The Morgan fingerprint density at radius 1 is 1.53 bits per heavy atom. The summed E-state index contributed by atoms with van der Waals surface area (Å²) in [4.78, 5) is 10.0. The second-order valence-electron chi connectivity index (χ2n) is 3.30. The van der Waals surface area contributed by atoms with E-state index in [1.165, 1.54) is 6.92 Å². The van der Waals surface area contributed by atoms with E-state index in [0.717, 1.165) is 5.56 Å². The number of hydrogen-bond donors (Lipinski definition) is 1. The molecule has 0 heterocycles. The maximum atomic E-state index is 10.5. The minimum atomic E-state index is -1.10. The minimum Gasteiger partial charge on any atom is -0.381 e. The maximum Gasteiger partial charge on any atom is 0.239 e. The number of rotatable bonds is 4. The topological polar surface area (TPSA) is 63.4 Å². The molecule has 0 aliphatic carbocycles. The Morgan fingerprint density at radius 3 is 2.67 bits per heavy atom. The first-order valence-electron chi connectivity index (χ1n) is 4.61. The summed E-state index contributed by atoms with van der Waals surface area (Å²) < 4.78 is 0. The number of aliphatic hydroxyl groups excluding tert-OH is 1. The highest BCUT2D eigenvalue weighted by molar-refractivity contribution is 5.52. The fourth-order valence-corrected chi connectivity index (χ4v) is 1.34. The standard InChI is InChI=1S/C11H13NO3/c1-3-9-6-4-5-7-10(9)11(13)8(2)12(14)15/h3-8,11,13H,1H2,2H3. The lowest BCUT2D eigenvalue weighted by molar-refractivity contribution is -0.531. The fraction of sp³-hybridized carbons (Fsp3) is 0.273. The molecule has 1 aromatic rings. The van der Waals surface area contributed by atoms with Gasteiger partial charge in [-0.15, -0.1) is 0 Å². The molecule has 0 aliphatic rings. The first-order chi connectivity index (χ1) is 7.07. The molecule has 80 valence electrons. The average Bonchev–Trinajstić information content (AvgIpc) is 2.26. The van der Waals surface area contributed by atoms with E-state index in [9.17, 15) is 15.2 Å². The van der Waals surface area contributed by atoms with Gasteiger partial charge in [0.25, 0.3) is 0 Å². The zero-order chi connectivity index (χ0) is 11.4. The molecule has 0 aromatic heterocycles. The van der Waals surface area contributed by atoms with E-state index < -0.39 is 17.1 Å². The van der Waals surface area contributed by atoms with Gasteiger partial charge < -0.3 is 5.11 Å². The van der Waals surface area contributed by atoms with Crippen LogP contribution >= 0.6 is 0 Å². The van der Waals surface area contributed by atoms with Gasteiger partial charge in [-0.3, -0.25) is 10.1 Å². The van der Waals surface area contributed by atoms with Crippen molar-refractivity contribution in [2.45, 2.75) is 19.1 Å². The van der Waals surface area contributed by atoms with Gasteiger partial charge in [0.2, 0.25) is 6.04 Å². The third-order valence-corrected chi connectivity index (χ3v) is 2.32. The van der Waals surface area contributed by atoms with Crippen molar-refractivity contribution >= 4 is 6.08 Å². The molecular formula is C11H13NO3. The van der Waals surface area contributed by atoms with E-state index >= 15 is 0 Å². The van der Waals surface area contributed by atoms with Crippen LogP contribution in [0.15, 0.2) is 30.8 Å². The first kappa shape index (κ1) is 11.4. The lowest BCUT2D eigenvalue weighted by Crippen LogP contribution is -2.24. The van der Waals surface area contributed by atoms with Gasteiger partial charge in [0, 0.05) is 11.8 Å². The molecule has 0 radical (unpaired) electrons. The van der Waals surface area contributed by atoms with Gasteiger partial charge in [-0.2, -0.15) is 0 Å². The molecule has 1 rings (SSSR count). The van der Waals surface area contributed by atoms with Crippen LogP contribution in [0, 0.1) is 10.1 Å². The SMILES string of the molecule is C=Cc1ccccc1C(O)C(C)[N+](=O)[O-]. The molecule has 15 heavy (non-hydrogen) atoms. The molecule has 0 fully saturated rings. The van der Waals surface area contributed by atoms with Gasteiger partial charge in [0.05, 0.1) is 0 Å². The van der Waals surface area contributed by atoms with Crippen LogP contribution in [0.1, 0.15) is 24.2 Å². The summed E-state index contributed by atoms with van der Waals surface area (Å²) in [5.41, 5.74) is 1.26. The monoisotopic (exact) mass is 207 g/mol. The molecule has 0 saturated carbocycles. The van der Waals surface area contributed by atoms with Crippen molar-refractivity contribution in [3.8, 4) is 0 Å². The van der Waals surface area contributed by atoms with Crippen LogP contribution < -0.4 is 0 Å². The fourth-order valence-electron chi connectivity index (χ4n) is 1.34. The van der Waals surface area contributed by atoms with Crippen LogP contribution in [0.5, 0.6) is 0 Å². The Labute approximate surface area is 88.0 Å². The van der Waals surface area contributed by atoms with Gasteiger partial charge in [0.1, 0.15) is 6.10 Å². The van der Waals surface area contributed by atoms with Gasteiger partial charge >= 0.3 is 0 Å². The summed E-state index contributed by atoms with van der Waals surface area (Å²) in [7, 11) is 0. The molecule has 0 aliphatic heterocycles. The summed E-state index contributed by atoms with van der Waals surface area (Å²) in [6.07, 6.45) is 0.472. The molecule has 0 saturated heterocycles. The summed E-state index contributed by atoms with van der Waals surface area (Å²) in [5.74, 6) is 0. The summed E-state index contributed by atoms with van der Waals surface area (Å²) in [6, 6.07) is 5.94. The van der Waals surface area contributed by atoms with E-state index in [0.29, 0.717) is 5.56 Å². The van der Waals surface area contributed by atoms with E-state index in [1.54, 1.807) is 30.3 Å². The van der Waals surface area contributed by atoms with Crippen LogP contribution in [-0.2, 0) is 0 Å². The summed E-state index contributed by atoms with van der Waals surface area (Å²) in [6.45, 7) is 4.98. The predicted molar refractivity (Wildman–Crippen MR) is 57.9 cm³/mol. The van der Waals surface area contributed by atoms with Crippen molar-refractivity contribution in [2.24, 2.45) is 0 Å². The van der Waals surface area contributed by atoms with Crippen molar-refractivity contribution in [2.75, 3.05) is 0 Å². The quantitative estimate of drug-likeness (QED) is 0.607. The van der Waals surface area contributed by atoms with Gasteiger partial charge in [-0.05, 0) is 11.1 Å². The highest BCUT2D eigenvalue weighted by Crippen LogP contribution is 2.22. The zero-order valence-electron chi connectivity index (χ0n) is 8.46. The second kappa shape index (κ2) is 4.70. The number of aliphatic hydroxyl groups is 1. The Morgan fingerprint density at radius 2 is 2.13 bits per heavy atom. The Balaban J connectivity index is 3.04. The molecule has 0 amide bonds. The zero-order valence-corrected chi connectivity index (χ0v) is 8.46. The summed E-state index contributed by atoms with van der Waals surface area (Å²) >= 11 is 0. The number of benzene rings is 1. The molecule has 1 N–H and O–H groups in total. The second-order valence-corrected chi connectivity index (χ2v) is 3.30. The van der Waals surface area contributed by atoms with Crippen LogP contribution in [-0.4, -0.2) is 16.1 Å². The molecule has 0 spiro atoms. The molecule has 2 atom stereocenters. The van der Waals surface area contributed by atoms with E-state index in [-0.39, 0.29) is 0 Å². The molecule has 0 bridgehead atoms. The van der Waals surface area contributed by atoms with Crippen LogP contribution in [0.3, 0.4) is 0 Å². The van der Waals surface area contributed by atoms with Crippen molar-refractivity contribution in [1.82, 2.24) is 0 Å². The molecule has 1 aromatic carbocycles. The summed E-state index contributed by atoms with van der Waals surface area (Å²) in [5, 5.41) is 20.3. The first-order valence-corrected chi connectivity index (χ1v) is 4.61. The van der Waals surface area contributed by atoms with Gasteiger partial charge in [-0.25, -0.2) is 0 Å². The highest BCUT2D eigenvalue weighted by Gasteiger charge is 2.26. The Bertz CT molecular complexity index is 376. The average molecular weight is 207 g/mol. The van der Waals surface area contributed by atoms with E-state index in [2.05, 4.69) is 6.58 Å². The van der Waals surface area contributed by atoms with Crippen molar-refractivity contribution in [3.63, 3.8) is 0 Å². The van der Waals surface area contributed by atoms with E-state index in [1.807, 2.05) is 0 Å².